The Hall–Kier alpha value is -7.77. The number of aromatic amines is 1. The van der Waals surface area contributed by atoms with E-state index < -0.39 is 108 Å². The number of para-hydroxylation sites is 1. The van der Waals surface area contributed by atoms with E-state index in [2.05, 4.69) is 42.2 Å². The fourth-order valence-electron chi connectivity index (χ4n) is 8.57. The van der Waals surface area contributed by atoms with Gasteiger partial charge in [0.25, 0.3) is 11.8 Å². The second kappa shape index (κ2) is 29.8. The number of aromatic nitrogens is 1. The number of amides is 8. The van der Waals surface area contributed by atoms with Gasteiger partial charge in [0.05, 0.1) is 12.1 Å². The van der Waals surface area contributed by atoms with Crippen molar-refractivity contribution in [1.29, 1.82) is 0 Å². The molecule has 0 spiro atoms. The number of fused-ring (bicyclic) bond motifs is 1. The van der Waals surface area contributed by atoms with Crippen LogP contribution < -0.4 is 48.7 Å². The Labute approximate surface area is 464 Å². The summed E-state index contributed by atoms with van der Waals surface area (Å²) in [5.41, 5.74) is 14.9. The summed E-state index contributed by atoms with van der Waals surface area (Å²) in [6.45, 7) is 1.40. The van der Waals surface area contributed by atoms with Gasteiger partial charge >= 0.3 is 5.97 Å². The third kappa shape index (κ3) is 17.6. The Morgan fingerprint density at radius 3 is 1.68 bits per heavy atom. The quantitative estimate of drug-likeness (QED) is 0.0536. The minimum absolute atomic E-state index is 0.0323. The molecule has 79 heavy (non-hydrogen) atoms. The number of H-pyrrole nitrogens is 1. The van der Waals surface area contributed by atoms with Crippen LogP contribution in [-0.4, -0.2) is 153 Å². The average molecular weight is 1120 g/mol. The molecule has 8 amide bonds. The van der Waals surface area contributed by atoms with Gasteiger partial charge in [0.1, 0.15) is 36.3 Å². The van der Waals surface area contributed by atoms with Gasteiger partial charge < -0.3 is 68.8 Å². The molecule has 24 heteroatoms. The summed E-state index contributed by atoms with van der Waals surface area (Å²) >= 11 is 0. The van der Waals surface area contributed by atoms with E-state index in [1.165, 1.54) is 26.1 Å². The minimum Gasteiger partial charge on any atom is -0.480 e. The van der Waals surface area contributed by atoms with Gasteiger partial charge in [0, 0.05) is 60.5 Å². The number of aliphatic carboxylic acids is 1. The summed E-state index contributed by atoms with van der Waals surface area (Å²) in [7, 11) is 3.13. The Morgan fingerprint density at radius 1 is 0.608 bits per heavy atom. The molecule has 0 unspecified atom stereocenters. The number of aliphatic hydroxyl groups is 1. The molecule has 1 saturated heterocycles. The molecule has 6 rings (SSSR count). The molecule has 1 aromatic heterocycles. The van der Waals surface area contributed by atoms with Crippen molar-refractivity contribution >= 4 is 85.7 Å². The van der Waals surface area contributed by atoms with Crippen molar-refractivity contribution in [3.63, 3.8) is 0 Å². The first-order valence-electron chi connectivity index (χ1n) is 25.6. The number of benzene rings is 4. The van der Waals surface area contributed by atoms with Crippen molar-refractivity contribution in [3.8, 4) is 0 Å². The molecule has 0 saturated carbocycles. The Kier molecular flexibility index (Phi) is 22.8. The predicted octanol–water partition coefficient (Wildman–Crippen LogP) is 0.636. The summed E-state index contributed by atoms with van der Waals surface area (Å²) in [6, 6.07) is 22.3. The number of nitrogens with one attached hydrogen (secondary N) is 8. The highest BCUT2D eigenvalue weighted by Crippen LogP contribution is 2.24. The zero-order chi connectivity index (χ0) is 57.0. The zero-order valence-electron chi connectivity index (χ0n) is 43.6. The summed E-state index contributed by atoms with van der Waals surface area (Å²) < 4.78 is 0. The molecule has 1 aliphatic heterocycles. The second-order valence-electron chi connectivity index (χ2n) is 19.0. The topological polar surface area (TPSA) is 349 Å². The number of carbonyl (C=O) groups excluding carboxylic acids is 8. The molecular weight excluding hydrogens is 1050 g/mol. The highest BCUT2D eigenvalue weighted by molar-refractivity contribution is 8.76. The van der Waals surface area contributed by atoms with Gasteiger partial charge in [-0.15, -0.1) is 0 Å². The number of hydrogen-bond donors (Lipinski definition) is 12. The summed E-state index contributed by atoms with van der Waals surface area (Å²) in [6.07, 6.45) is -1.51. The van der Waals surface area contributed by atoms with Gasteiger partial charge in [-0.3, -0.25) is 38.4 Å². The number of nitrogens with zero attached hydrogens (tertiary/aromatic N) is 1. The zero-order valence-corrected chi connectivity index (χ0v) is 45.2. The number of carboxylic acids is 1. The maximum absolute atomic E-state index is 14.9. The van der Waals surface area contributed by atoms with Crippen molar-refractivity contribution < 1.29 is 53.4 Å². The molecule has 1 aliphatic rings. The van der Waals surface area contributed by atoms with Crippen LogP contribution in [0.4, 0.5) is 0 Å². The van der Waals surface area contributed by atoms with Crippen molar-refractivity contribution in [2.75, 3.05) is 25.1 Å². The van der Waals surface area contributed by atoms with E-state index in [-0.39, 0.29) is 55.7 Å². The van der Waals surface area contributed by atoms with E-state index in [0.717, 1.165) is 37.4 Å². The fourth-order valence-corrected chi connectivity index (χ4v) is 10.8. The first-order valence-corrected chi connectivity index (χ1v) is 28.1. The van der Waals surface area contributed by atoms with Gasteiger partial charge in [-0.2, -0.15) is 0 Å². The van der Waals surface area contributed by atoms with Crippen LogP contribution in [0.25, 0.3) is 10.9 Å². The first-order chi connectivity index (χ1) is 37.9. The highest BCUT2D eigenvalue weighted by Gasteiger charge is 2.38. The lowest BCUT2D eigenvalue weighted by molar-refractivity contribution is -0.142. The molecule has 0 bridgehead atoms. The summed E-state index contributed by atoms with van der Waals surface area (Å²) in [4.78, 5) is 132. The van der Waals surface area contributed by atoms with E-state index in [4.69, 9.17) is 11.5 Å². The summed E-state index contributed by atoms with van der Waals surface area (Å²) in [5, 5.41) is 40.4. The van der Waals surface area contributed by atoms with E-state index in [0.29, 0.717) is 23.1 Å². The molecule has 2 heterocycles. The Balaban J connectivity index is 1.41. The molecular formula is C55H67N11O11S2. The lowest BCUT2D eigenvalue weighted by Crippen LogP contribution is -2.64. The number of carbonyl (C=O) groups is 9. The smallest absolute Gasteiger partial charge is 0.327 e. The number of unbranched alkanes of at least 4 members (excludes halogenated alkanes) is 1. The average Bonchev–Trinajstić information content (AvgIpc) is 3.88. The van der Waals surface area contributed by atoms with E-state index in [9.17, 15) is 53.4 Å². The van der Waals surface area contributed by atoms with Gasteiger partial charge in [0.15, 0.2) is 6.17 Å². The van der Waals surface area contributed by atoms with Crippen LogP contribution in [0.5, 0.6) is 0 Å². The third-order valence-corrected chi connectivity index (χ3v) is 15.4. The van der Waals surface area contributed by atoms with Crippen molar-refractivity contribution in [3.05, 3.63) is 144 Å². The van der Waals surface area contributed by atoms with E-state index in [1.54, 1.807) is 91.1 Å². The van der Waals surface area contributed by atoms with Crippen LogP contribution in [0.1, 0.15) is 53.2 Å². The van der Waals surface area contributed by atoms with Gasteiger partial charge in [-0.05, 0) is 67.6 Å². The largest absolute Gasteiger partial charge is 0.480 e. The molecule has 5 aromatic rings. The molecule has 14 N–H and O–H groups in total. The maximum atomic E-state index is 14.9. The second-order valence-corrected chi connectivity index (χ2v) is 21.5. The van der Waals surface area contributed by atoms with E-state index in [1.807, 2.05) is 18.2 Å². The molecule has 9 atom stereocenters. The van der Waals surface area contributed by atoms with Crippen LogP contribution in [-0.2, 0) is 57.6 Å². The Bertz CT molecular complexity index is 2900. The Morgan fingerprint density at radius 2 is 1.11 bits per heavy atom. The normalized spacial score (nSPS) is 23.1. The number of hydrogen-bond acceptors (Lipinski definition) is 14. The number of carboxylic acid groups (broad SMARTS) is 1. The number of likely N-dealkylation sites (N-methyl/N-ethyl adjacent to an activating group) is 1. The lowest BCUT2D eigenvalue weighted by Gasteiger charge is -2.32. The van der Waals surface area contributed by atoms with Crippen LogP contribution in [0.3, 0.4) is 0 Å². The van der Waals surface area contributed by atoms with Crippen molar-refractivity contribution in [2.45, 2.75) is 100 Å². The number of nitrogens with two attached hydrogens (primary N) is 2. The van der Waals surface area contributed by atoms with E-state index >= 15 is 0 Å². The van der Waals surface area contributed by atoms with Crippen molar-refractivity contribution in [1.82, 2.24) is 47.1 Å². The van der Waals surface area contributed by atoms with Crippen LogP contribution in [0, 0.1) is 0 Å². The molecule has 1 fully saturated rings. The SMILES string of the molecule is C[C@@H](O)[C@@H]1NC(=O)[C@H](CCCCN)NC(=O)[C@@H](Cc2c[nH]c3ccccc23)NC(=O)[C@H](Cc2ccccc2)NC(=O)[C@H](Cc2ccccc2)NC(=O)[C@@H](N)CSSC[C@@H](C(=O)O)NC(=O)[C@@H](N(C)C(=O)c2ccccc2)NC1=O. The molecule has 4 aromatic carbocycles. The number of rotatable bonds is 14. The van der Waals surface area contributed by atoms with Crippen LogP contribution in [0.15, 0.2) is 121 Å². The first kappa shape index (κ1) is 60.5. The predicted molar refractivity (Wildman–Crippen MR) is 299 cm³/mol. The minimum atomic E-state index is -1.94. The van der Waals surface area contributed by atoms with Gasteiger partial charge in [0.2, 0.25) is 35.4 Å². The van der Waals surface area contributed by atoms with Gasteiger partial charge in [-0.1, -0.05) is 119 Å². The van der Waals surface area contributed by atoms with Crippen LogP contribution >= 0.6 is 21.6 Å². The fraction of sp³-hybridized carbons (Fsp3) is 0.364. The highest BCUT2D eigenvalue weighted by atomic mass is 33.1. The van der Waals surface area contributed by atoms with Crippen LogP contribution in [0.2, 0.25) is 0 Å². The monoisotopic (exact) mass is 1120 g/mol. The molecule has 420 valence electrons. The summed E-state index contributed by atoms with van der Waals surface area (Å²) in [5.74, 6) is -9.12. The van der Waals surface area contributed by atoms with Crippen molar-refractivity contribution in [2.24, 2.45) is 11.5 Å². The number of aliphatic hydroxyl groups excluding tert-OH is 1. The maximum Gasteiger partial charge on any atom is 0.327 e. The molecule has 22 nitrogen and oxygen atoms in total. The van der Waals surface area contributed by atoms with Gasteiger partial charge in [-0.25, -0.2) is 4.79 Å². The standard InChI is InChI=1S/C55H67N11O11S2/c1-32(67)45-52(73)65-46(66(2)54(75)35-20-10-5-11-21-35)53(74)63-44(55(76)77)31-79-78-30-38(57)47(68)60-41(26-33-16-6-3-7-17-33)49(70)61-42(27-34-18-8-4-9-19-34)50(71)62-43(28-36-29-58-39-23-13-12-22-37(36)39)51(72)59-40(48(69)64-45)24-14-15-25-56/h3-13,16-23,29,32,38,40-46,58,67H,14-15,24-28,30-31,56-57H2,1-2H3,(H,59,72)(H,60,68)(H,61,70)(H,62,71)(H,63,74)(H,64,69)(H,65,73)(H,76,77)/t32-,38+,40+,41+,42+,43-,44+,45+,46-/m1/s1. The lowest BCUT2D eigenvalue weighted by atomic mass is 10.00. The molecule has 0 radical (unpaired) electrons. The molecule has 0 aliphatic carbocycles. The third-order valence-electron chi connectivity index (χ3n) is 13.0.